The lowest BCUT2D eigenvalue weighted by Gasteiger charge is -2.39. The van der Waals surface area contributed by atoms with Crippen LogP contribution >= 0.6 is 27.7 Å². The number of rotatable bonds is 4. The summed E-state index contributed by atoms with van der Waals surface area (Å²) in [7, 11) is 0. The van der Waals surface area contributed by atoms with Gasteiger partial charge in [-0.05, 0) is 36.8 Å². The lowest BCUT2D eigenvalue weighted by Crippen LogP contribution is -2.49. The third kappa shape index (κ3) is 3.48. The molecule has 20 heavy (non-hydrogen) atoms. The van der Waals surface area contributed by atoms with Crippen LogP contribution in [0.4, 0.5) is 0 Å². The first-order valence-electron chi connectivity index (χ1n) is 6.59. The van der Waals surface area contributed by atoms with Crippen molar-refractivity contribution in [2.24, 2.45) is 10.9 Å². The van der Waals surface area contributed by atoms with E-state index in [4.69, 9.17) is 10.9 Å². The van der Waals surface area contributed by atoms with Crippen LogP contribution in [0.1, 0.15) is 18.4 Å². The van der Waals surface area contributed by atoms with Gasteiger partial charge in [0.2, 0.25) is 0 Å². The molecule has 6 heteroatoms. The van der Waals surface area contributed by atoms with Crippen molar-refractivity contribution < 1.29 is 5.21 Å². The van der Waals surface area contributed by atoms with E-state index in [9.17, 15) is 0 Å². The number of nitrogens with two attached hydrogens (primary N) is 1. The van der Waals surface area contributed by atoms with Crippen molar-refractivity contribution in [3.63, 3.8) is 0 Å². The van der Waals surface area contributed by atoms with Gasteiger partial charge in [0.15, 0.2) is 5.84 Å². The molecule has 110 valence electrons. The largest absolute Gasteiger partial charge is 0.409 e. The molecule has 1 aromatic rings. The van der Waals surface area contributed by atoms with Crippen molar-refractivity contribution >= 4 is 33.5 Å². The molecule has 2 rings (SSSR count). The molecule has 0 spiro atoms. The normalized spacial score (nSPS) is 20.0. The zero-order valence-electron chi connectivity index (χ0n) is 11.6. The van der Waals surface area contributed by atoms with Crippen LogP contribution in [-0.4, -0.2) is 40.0 Å². The van der Waals surface area contributed by atoms with Crippen molar-refractivity contribution in [2.75, 3.05) is 19.3 Å². The minimum Gasteiger partial charge on any atom is -0.409 e. The van der Waals surface area contributed by atoms with Crippen molar-refractivity contribution in [2.45, 2.75) is 24.1 Å². The number of hydrogen-bond donors (Lipinski definition) is 2. The van der Waals surface area contributed by atoms with Crippen LogP contribution in [-0.2, 0) is 6.54 Å². The molecule has 0 atom stereocenters. The Bertz CT molecular complexity index is 487. The predicted octanol–water partition coefficient (Wildman–Crippen LogP) is 2.89. The highest BCUT2D eigenvalue weighted by Gasteiger charge is 2.38. The number of oxime groups is 1. The molecule has 0 unspecified atom stereocenters. The van der Waals surface area contributed by atoms with Crippen LogP contribution in [0.2, 0.25) is 0 Å². The molecule has 0 bridgehead atoms. The Morgan fingerprint density at radius 3 is 2.75 bits per heavy atom. The van der Waals surface area contributed by atoms with Gasteiger partial charge in [-0.15, -0.1) is 0 Å². The number of amidine groups is 1. The number of likely N-dealkylation sites (tertiary alicyclic amines) is 1. The summed E-state index contributed by atoms with van der Waals surface area (Å²) in [6.07, 6.45) is 3.86. The van der Waals surface area contributed by atoms with Crippen molar-refractivity contribution in [1.82, 2.24) is 4.90 Å². The topological polar surface area (TPSA) is 61.9 Å². The second kappa shape index (κ2) is 6.83. The lowest BCUT2D eigenvalue weighted by molar-refractivity contribution is 0.209. The van der Waals surface area contributed by atoms with Crippen LogP contribution in [0.5, 0.6) is 0 Å². The first-order valence-corrected chi connectivity index (χ1v) is 8.61. The minimum absolute atomic E-state index is 0.206. The van der Waals surface area contributed by atoms with Crippen LogP contribution in [0.25, 0.3) is 0 Å². The third-order valence-corrected chi connectivity index (χ3v) is 5.82. The van der Waals surface area contributed by atoms with Gasteiger partial charge in [-0.2, -0.15) is 11.8 Å². The van der Waals surface area contributed by atoms with Gasteiger partial charge in [0.1, 0.15) is 0 Å². The number of thioether (sulfide) groups is 1. The molecule has 0 aliphatic carbocycles. The molecule has 3 N–H and O–H groups in total. The van der Waals surface area contributed by atoms with Gasteiger partial charge in [-0.1, -0.05) is 33.2 Å². The van der Waals surface area contributed by atoms with Gasteiger partial charge < -0.3 is 10.9 Å². The standard InChI is InChI=1S/C14H20BrN3OS/c1-20-14(13(16)17-19)5-7-18(8-6-14)10-11-3-2-4-12(15)9-11/h2-4,9,19H,5-8,10H2,1H3,(H2,16,17). The quantitative estimate of drug-likeness (QED) is 0.376. The van der Waals surface area contributed by atoms with Gasteiger partial charge in [-0.25, -0.2) is 0 Å². The molecule has 0 saturated carbocycles. The average molecular weight is 358 g/mol. The van der Waals surface area contributed by atoms with Gasteiger partial charge in [0, 0.05) is 24.1 Å². The highest BCUT2D eigenvalue weighted by molar-refractivity contribution is 9.10. The molecular formula is C14H20BrN3OS. The maximum atomic E-state index is 8.95. The molecule has 0 radical (unpaired) electrons. The summed E-state index contributed by atoms with van der Waals surface area (Å²) in [5.41, 5.74) is 7.17. The summed E-state index contributed by atoms with van der Waals surface area (Å²) in [6.45, 7) is 2.87. The van der Waals surface area contributed by atoms with Crippen LogP contribution in [0.3, 0.4) is 0 Å². The maximum absolute atomic E-state index is 8.95. The van der Waals surface area contributed by atoms with E-state index in [-0.39, 0.29) is 4.75 Å². The fourth-order valence-corrected chi connectivity index (χ4v) is 3.91. The van der Waals surface area contributed by atoms with Crippen LogP contribution in [0, 0.1) is 0 Å². The number of nitrogens with zero attached hydrogens (tertiary/aromatic N) is 2. The zero-order chi connectivity index (χ0) is 14.6. The molecule has 0 amide bonds. The fraction of sp³-hybridized carbons (Fsp3) is 0.500. The Labute approximate surface area is 132 Å². The molecular weight excluding hydrogens is 338 g/mol. The fourth-order valence-electron chi connectivity index (χ4n) is 2.62. The van der Waals surface area contributed by atoms with Gasteiger partial charge in [0.25, 0.3) is 0 Å². The van der Waals surface area contributed by atoms with Crippen molar-refractivity contribution in [1.29, 1.82) is 0 Å². The van der Waals surface area contributed by atoms with E-state index in [0.717, 1.165) is 36.9 Å². The second-order valence-corrected chi connectivity index (χ2v) is 7.20. The van der Waals surface area contributed by atoms with E-state index in [1.807, 2.05) is 12.3 Å². The molecule has 1 heterocycles. The number of piperidine rings is 1. The minimum atomic E-state index is -0.206. The summed E-state index contributed by atoms with van der Waals surface area (Å²) in [5, 5.41) is 12.2. The molecule has 1 saturated heterocycles. The first kappa shape index (κ1) is 15.7. The van der Waals surface area contributed by atoms with E-state index in [1.54, 1.807) is 11.8 Å². The lowest BCUT2D eigenvalue weighted by atomic mass is 9.94. The van der Waals surface area contributed by atoms with E-state index in [2.05, 4.69) is 44.2 Å². The summed E-state index contributed by atoms with van der Waals surface area (Å²) in [6, 6.07) is 8.40. The molecule has 1 aliphatic rings. The van der Waals surface area contributed by atoms with Crippen molar-refractivity contribution in [3.8, 4) is 0 Å². The Morgan fingerprint density at radius 1 is 1.50 bits per heavy atom. The smallest absolute Gasteiger partial charge is 0.155 e. The van der Waals surface area contributed by atoms with E-state index in [1.165, 1.54) is 5.56 Å². The third-order valence-electron chi connectivity index (χ3n) is 3.92. The maximum Gasteiger partial charge on any atom is 0.155 e. The van der Waals surface area contributed by atoms with Crippen LogP contribution < -0.4 is 5.73 Å². The number of hydrogen-bond acceptors (Lipinski definition) is 4. The van der Waals surface area contributed by atoms with E-state index < -0.39 is 0 Å². The van der Waals surface area contributed by atoms with Gasteiger partial charge in [0.05, 0.1) is 4.75 Å². The average Bonchev–Trinajstić information content (AvgIpc) is 2.47. The summed E-state index contributed by atoms with van der Waals surface area (Å²) in [4.78, 5) is 2.42. The Morgan fingerprint density at radius 2 is 2.20 bits per heavy atom. The van der Waals surface area contributed by atoms with Gasteiger partial charge in [-0.3, -0.25) is 4.90 Å². The summed E-state index contributed by atoms with van der Waals surface area (Å²) >= 11 is 5.19. The summed E-state index contributed by atoms with van der Waals surface area (Å²) < 4.78 is 0.907. The molecule has 1 fully saturated rings. The Hall–Kier alpha value is -0.720. The number of benzene rings is 1. The van der Waals surface area contributed by atoms with E-state index >= 15 is 0 Å². The zero-order valence-corrected chi connectivity index (χ0v) is 14.0. The molecule has 1 aromatic carbocycles. The number of halogens is 1. The summed E-state index contributed by atoms with van der Waals surface area (Å²) in [5.74, 6) is 0.354. The second-order valence-electron chi connectivity index (χ2n) is 5.09. The Balaban J connectivity index is 1.97. The van der Waals surface area contributed by atoms with Crippen molar-refractivity contribution in [3.05, 3.63) is 34.3 Å². The predicted molar refractivity (Wildman–Crippen MR) is 88.3 cm³/mol. The molecule has 0 aromatic heterocycles. The highest BCUT2D eigenvalue weighted by Crippen LogP contribution is 2.35. The van der Waals surface area contributed by atoms with Crippen LogP contribution in [0.15, 0.2) is 33.9 Å². The van der Waals surface area contributed by atoms with Gasteiger partial charge >= 0.3 is 0 Å². The van der Waals surface area contributed by atoms with E-state index in [0.29, 0.717) is 5.84 Å². The molecule has 1 aliphatic heterocycles. The highest BCUT2D eigenvalue weighted by atomic mass is 79.9. The Kier molecular flexibility index (Phi) is 5.35. The first-order chi connectivity index (χ1) is 9.59. The monoisotopic (exact) mass is 357 g/mol. The SMILES string of the molecule is CSC1(C(N)=NO)CCN(Cc2cccc(Br)c2)CC1. The molecule has 4 nitrogen and oxygen atoms in total.